The Morgan fingerprint density at radius 3 is 2.81 bits per heavy atom. The summed E-state index contributed by atoms with van der Waals surface area (Å²) in [4.78, 5) is 15.6. The third kappa shape index (κ3) is 3.41. The molecule has 1 aromatic heterocycles. The summed E-state index contributed by atoms with van der Waals surface area (Å²) in [6.45, 7) is -0.00179. The lowest BCUT2D eigenvalue weighted by molar-refractivity contribution is -0.390. The number of aromatic amines is 1. The Morgan fingerprint density at radius 1 is 1.43 bits per heavy atom. The normalized spacial score (nSPS) is 11.5. The first-order valence-electron chi connectivity index (χ1n) is 5.81. The second kappa shape index (κ2) is 5.97. The highest BCUT2D eigenvalue weighted by Crippen LogP contribution is 2.26. The number of aromatic nitrogens is 2. The number of nitrogens with zero attached hydrogens (tertiary/aromatic N) is 2. The Morgan fingerprint density at radius 2 is 2.19 bits per heavy atom. The molecule has 112 valence electrons. The molecule has 8 nitrogen and oxygen atoms in total. The fraction of sp³-hybridized carbons (Fsp3) is 0.182. The number of benzene rings is 1. The third-order valence-electron chi connectivity index (χ3n) is 2.66. The Bertz CT molecular complexity index is 746. The quantitative estimate of drug-likeness (QED) is 0.608. The minimum absolute atomic E-state index is 0.00179. The Hall–Kier alpha value is -2.33. The number of para-hydroxylation sites is 1. The molecule has 21 heavy (non-hydrogen) atoms. The number of nitro benzene ring substituents is 1. The number of imidazole rings is 1. The van der Waals surface area contributed by atoms with Crippen LogP contribution in [0.5, 0.6) is 0 Å². The van der Waals surface area contributed by atoms with E-state index in [4.69, 9.17) is 0 Å². The molecule has 0 saturated heterocycles. The van der Waals surface area contributed by atoms with Crippen molar-refractivity contribution in [3.63, 3.8) is 0 Å². The summed E-state index contributed by atoms with van der Waals surface area (Å²) >= 11 is 0. The van der Waals surface area contributed by atoms with Crippen LogP contribution in [0, 0.1) is 15.9 Å². The highest BCUT2D eigenvalue weighted by Gasteiger charge is 2.28. The molecule has 0 atom stereocenters. The van der Waals surface area contributed by atoms with E-state index in [1.165, 1.54) is 12.5 Å². The molecule has 2 N–H and O–H groups in total. The number of hydrogen-bond acceptors (Lipinski definition) is 5. The van der Waals surface area contributed by atoms with E-state index >= 15 is 0 Å². The molecular formula is C11H11FN4O4S. The first-order valence-corrected chi connectivity index (χ1v) is 7.30. The van der Waals surface area contributed by atoms with Gasteiger partial charge in [-0.2, -0.15) is 4.39 Å². The molecule has 0 fully saturated rings. The molecule has 0 aliphatic rings. The summed E-state index contributed by atoms with van der Waals surface area (Å²) < 4.78 is 39.7. The van der Waals surface area contributed by atoms with Crippen LogP contribution in [0.4, 0.5) is 10.1 Å². The van der Waals surface area contributed by atoms with Crippen LogP contribution in [0.2, 0.25) is 0 Å². The summed E-state index contributed by atoms with van der Waals surface area (Å²) in [5, 5.41) is 10.8. The van der Waals surface area contributed by atoms with Crippen molar-refractivity contribution in [3.8, 4) is 0 Å². The van der Waals surface area contributed by atoms with E-state index in [-0.39, 0.29) is 6.54 Å². The number of rotatable bonds is 6. The van der Waals surface area contributed by atoms with Gasteiger partial charge in [-0.1, -0.05) is 6.07 Å². The van der Waals surface area contributed by atoms with Gasteiger partial charge in [-0.25, -0.2) is 18.1 Å². The number of sulfonamides is 1. The van der Waals surface area contributed by atoms with Crippen LogP contribution >= 0.6 is 0 Å². The van der Waals surface area contributed by atoms with Crippen molar-refractivity contribution in [2.45, 2.75) is 11.3 Å². The van der Waals surface area contributed by atoms with Gasteiger partial charge in [0.15, 0.2) is 4.90 Å². The van der Waals surface area contributed by atoms with Crippen molar-refractivity contribution in [3.05, 3.63) is 52.3 Å². The lowest BCUT2D eigenvalue weighted by Gasteiger charge is -2.07. The summed E-state index contributed by atoms with van der Waals surface area (Å²) in [5.41, 5.74) is -0.363. The molecule has 1 heterocycles. The van der Waals surface area contributed by atoms with Crippen LogP contribution in [0.15, 0.2) is 35.6 Å². The van der Waals surface area contributed by atoms with E-state index in [1.54, 1.807) is 0 Å². The molecule has 0 radical (unpaired) electrons. The second-order valence-electron chi connectivity index (χ2n) is 4.07. The molecule has 0 aliphatic heterocycles. The molecule has 0 aliphatic carbocycles. The van der Waals surface area contributed by atoms with Crippen molar-refractivity contribution in [2.75, 3.05) is 6.54 Å². The van der Waals surface area contributed by atoms with Crippen molar-refractivity contribution in [2.24, 2.45) is 0 Å². The van der Waals surface area contributed by atoms with Crippen LogP contribution in [-0.2, 0) is 16.4 Å². The van der Waals surface area contributed by atoms with E-state index in [2.05, 4.69) is 14.7 Å². The third-order valence-corrected chi connectivity index (χ3v) is 4.16. The zero-order chi connectivity index (χ0) is 15.5. The number of nitrogens with one attached hydrogen (secondary N) is 2. The Labute approximate surface area is 119 Å². The molecule has 2 aromatic rings. The van der Waals surface area contributed by atoms with E-state index < -0.39 is 31.3 Å². The van der Waals surface area contributed by atoms with Crippen molar-refractivity contribution in [1.82, 2.24) is 14.7 Å². The second-order valence-corrected chi connectivity index (χ2v) is 5.80. The fourth-order valence-electron chi connectivity index (χ4n) is 1.71. The van der Waals surface area contributed by atoms with Gasteiger partial charge in [0, 0.05) is 24.9 Å². The van der Waals surface area contributed by atoms with E-state index in [9.17, 15) is 22.9 Å². The van der Waals surface area contributed by atoms with Crippen LogP contribution in [0.25, 0.3) is 0 Å². The molecule has 0 saturated carbocycles. The minimum atomic E-state index is -4.18. The van der Waals surface area contributed by atoms with E-state index in [1.807, 2.05) is 0 Å². The predicted molar refractivity (Wildman–Crippen MR) is 70.5 cm³/mol. The van der Waals surface area contributed by atoms with Crippen LogP contribution < -0.4 is 4.72 Å². The summed E-state index contributed by atoms with van der Waals surface area (Å²) in [6.07, 6.45) is 3.29. The van der Waals surface area contributed by atoms with Gasteiger partial charge in [0.2, 0.25) is 15.8 Å². The van der Waals surface area contributed by atoms with Crippen molar-refractivity contribution >= 4 is 15.7 Å². The summed E-state index contributed by atoms with van der Waals surface area (Å²) in [7, 11) is -4.18. The van der Waals surface area contributed by atoms with Gasteiger partial charge in [-0.15, -0.1) is 0 Å². The number of halogens is 1. The fourth-order valence-corrected chi connectivity index (χ4v) is 2.92. The maximum absolute atomic E-state index is 13.4. The molecule has 1 aromatic carbocycles. The highest BCUT2D eigenvalue weighted by molar-refractivity contribution is 7.89. The van der Waals surface area contributed by atoms with Crippen LogP contribution in [0.3, 0.4) is 0 Å². The first kappa shape index (κ1) is 15.1. The largest absolute Gasteiger partial charge is 0.348 e. The van der Waals surface area contributed by atoms with Crippen molar-refractivity contribution in [1.29, 1.82) is 0 Å². The van der Waals surface area contributed by atoms with Gasteiger partial charge in [0.05, 0.1) is 11.3 Å². The zero-order valence-electron chi connectivity index (χ0n) is 10.6. The number of H-pyrrole nitrogens is 1. The molecule has 2 rings (SSSR count). The standard InChI is InChI=1S/C11H11FN4O4S/c12-9-2-1-3-10(11(9)16(17)18)21(19,20)15-5-4-8-6-13-7-14-8/h1-3,6-7,15H,4-5H2,(H,13,14). The zero-order valence-corrected chi connectivity index (χ0v) is 11.4. The smallest absolute Gasteiger partial charge is 0.324 e. The lowest BCUT2D eigenvalue weighted by Crippen LogP contribution is -2.27. The SMILES string of the molecule is O=[N+]([O-])c1c(F)cccc1S(=O)(=O)NCCc1cnc[nH]1. The monoisotopic (exact) mass is 314 g/mol. The van der Waals surface area contributed by atoms with Gasteiger partial charge in [0.25, 0.3) is 0 Å². The minimum Gasteiger partial charge on any atom is -0.348 e. The van der Waals surface area contributed by atoms with Gasteiger partial charge >= 0.3 is 5.69 Å². The van der Waals surface area contributed by atoms with Gasteiger partial charge in [0.1, 0.15) is 0 Å². The van der Waals surface area contributed by atoms with Gasteiger partial charge < -0.3 is 4.98 Å². The van der Waals surface area contributed by atoms with E-state index in [0.717, 1.165) is 18.2 Å². The number of nitro groups is 1. The number of hydrogen-bond donors (Lipinski definition) is 2. The lowest BCUT2D eigenvalue weighted by atomic mass is 10.3. The molecule has 0 spiro atoms. The summed E-state index contributed by atoms with van der Waals surface area (Å²) in [6, 6.07) is 2.92. The average molecular weight is 314 g/mol. The molecule has 10 heteroatoms. The Kier molecular flexibility index (Phi) is 4.29. The van der Waals surface area contributed by atoms with Crippen LogP contribution in [0.1, 0.15) is 5.69 Å². The Balaban J connectivity index is 2.20. The van der Waals surface area contributed by atoms with Crippen molar-refractivity contribution < 1.29 is 17.7 Å². The van der Waals surface area contributed by atoms with Gasteiger partial charge in [-0.3, -0.25) is 10.1 Å². The maximum Gasteiger partial charge on any atom is 0.324 e. The van der Waals surface area contributed by atoms with Crippen LogP contribution in [-0.4, -0.2) is 29.9 Å². The highest BCUT2D eigenvalue weighted by atomic mass is 32.2. The summed E-state index contributed by atoms with van der Waals surface area (Å²) in [5.74, 6) is -1.20. The molecule has 0 unspecified atom stereocenters. The maximum atomic E-state index is 13.4. The predicted octanol–water partition coefficient (Wildman–Crippen LogP) is 0.978. The topological polar surface area (TPSA) is 118 Å². The van der Waals surface area contributed by atoms with E-state index in [0.29, 0.717) is 12.1 Å². The molecule has 0 bridgehead atoms. The molecular weight excluding hydrogens is 303 g/mol. The van der Waals surface area contributed by atoms with Gasteiger partial charge in [-0.05, 0) is 12.1 Å². The first-order chi connectivity index (χ1) is 9.92. The molecule has 0 amide bonds. The average Bonchev–Trinajstić information content (AvgIpc) is 2.91.